The molecule has 1 aromatic heterocycles. The molecule has 6 heteroatoms. The van der Waals surface area contributed by atoms with E-state index in [1.54, 1.807) is 11.3 Å². The highest BCUT2D eigenvalue weighted by Gasteiger charge is 2.24. The van der Waals surface area contributed by atoms with Crippen molar-refractivity contribution < 1.29 is 4.74 Å². The van der Waals surface area contributed by atoms with Crippen LogP contribution in [0.15, 0.2) is 0 Å². The zero-order valence-electron chi connectivity index (χ0n) is 9.06. The van der Waals surface area contributed by atoms with Crippen molar-refractivity contribution in [1.82, 2.24) is 15.5 Å². The van der Waals surface area contributed by atoms with Gasteiger partial charge < -0.3 is 15.0 Å². The maximum atomic E-state index is 5.47. The fraction of sp³-hybridized carbons (Fsp3) is 0.778. The third-order valence-corrected chi connectivity index (χ3v) is 3.30. The minimum absolute atomic E-state index is 0.371. The van der Waals surface area contributed by atoms with E-state index in [4.69, 9.17) is 4.74 Å². The van der Waals surface area contributed by atoms with Gasteiger partial charge in [0.05, 0.1) is 19.3 Å². The number of hydrogen-bond donors (Lipinski definition) is 1. The topological polar surface area (TPSA) is 50.3 Å². The Bertz CT molecular complexity index is 315. The molecule has 0 aromatic carbocycles. The first kappa shape index (κ1) is 10.8. The lowest BCUT2D eigenvalue weighted by molar-refractivity contribution is 0.0942. The zero-order chi connectivity index (χ0) is 10.7. The Hall–Kier alpha value is -0.720. The van der Waals surface area contributed by atoms with Crippen LogP contribution >= 0.6 is 11.3 Å². The summed E-state index contributed by atoms with van der Waals surface area (Å²) in [6.45, 7) is 5.34. The summed E-state index contributed by atoms with van der Waals surface area (Å²) in [7, 11) is 1.96. The Morgan fingerprint density at radius 3 is 3.13 bits per heavy atom. The van der Waals surface area contributed by atoms with Gasteiger partial charge in [0, 0.05) is 13.1 Å². The summed E-state index contributed by atoms with van der Waals surface area (Å²) < 4.78 is 5.47. The molecule has 1 atom stereocenters. The van der Waals surface area contributed by atoms with Crippen LogP contribution in [0.25, 0.3) is 0 Å². The number of aromatic nitrogens is 2. The van der Waals surface area contributed by atoms with E-state index in [9.17, 15) is 0 Å². The van der Waals surface area contributed by atoms with Gasteiger partial charge in [-0.3, -0.25) is 0 Å². The zero-order valence-corrected chi connectivity index (χ0v) is 9.88. The molecule has 84 valence electrons. The number of aryl methyl sites for hydroxylation is 1. The van der Waals surface area contributed by atoms with Crippen molar-refractivity contribution in [1.29, 1.82) is 0 Å². The standard InChI is InChI=1S/C9H16N4OS/c1-7-11-12-9(15-7)13-3-4-14-6-8(13)5-10-2/h8,10H,3-6H2,1-2H3. The van der Waals surface area contributed by atoms with Gasteiger partial charge in [-0.15, -0.1) is 10.2 Å². The molecular weight excluding hydrogens is 212 g/mol. The number of ether oxygens (including phenoxy) is 1. The SMILES string of the molecule is CNCC1COCCN1c1nnc(C)s1. The van der Waals surface area contributed by atoms with E-state index in [1.165, 1.54) is 0 Å². The first-order chi connectivity index (χ1) is 7.31. The van der Waals surface area contributed by atoms with Gasteiger partial charge in [0.2, 0.25) is 5.13 Å². The summed E-state index contributed by atoms with van der Waals surface area (Å²) in [5.41, 5.74) is 0. The first-order valence-electron chi connectivity index (χ1n) is 5.10. The predicted octanol–water partition coefficient (Wildman–Crippen LogP) is 0.271. The largest absolute Gasteiger partial charge is 0.377 e. The molecule has 1 saturated heterocycles. The Labute approximate surface area is 93.5 Å². The fourth-order valence-corrected chi connectivity index (χ4v) is 2.50. The van der Waals surface area contributed by atoms with Crippen LogP contribution < -0.4 is 10.2 Å². The van der Waals surface area contributed by atoms with Crippen molar-refractivity contribution in [2.24, 2.45) is 0 Å². The molecule has 0 amide bonds. The highest BCUT2D eigenvalue weighted by Crippen LogP contribution is 2.23. The number of likely N-dealkylation sites (N-methyl/N-ethyl adjacent to an activating group) is 1. The van der Waals surface area contributed by atoms with Crippen molar-refractivity contribution in [3.05, 3.63) is 5.01 Å². The number of nitrogens with zero attached hydrogens (tertiary/aromatic N) is 3. The second kappa shape index (κ2) is 4.87. The second-order valence-electron chi connectivity index (χ2n) is 3.58. The van der Waals surface area contributed by atoms with Crippen molar-refractivity contribution >= 4 is 16.5 Å². The van der Waals surface area contributed by atoms with Crippen LogP contribution in [0.1, 0.15) is 5.01 Å². The molecule has 1 aliphatic rings. The summed E-state index contributed by atoms with van der Waals surface area (Å²) >= 11 is 1.64. The van der Waals surface area contributed by atoms with Crippen molar-refractivity contribution in [3.63, 3.8) is 0 Å². The van der Waals surface area contributed by atoms with Gasteiger partial charge in [-0.05, 0) is 14.0 Å². The predicted molar refractivity (Wildman–Crippen MR) is 60.5 cm³/mol. The average molecular weight is 228 g/mol. The van der Waals surface area contributed by atoms with E-state index in [2.05, 4.69) is 20.4 Å². The van der Waals surface area contributed by atoms with Crippen LogP contribution in [0.3, 0.4) is 0 Å². The second-order valence-corrected chi connectivity index (χ2v) is 4.74. The van der Waals surface area contributed by atoms with Gasteiger partial charge >= 0.3 is 0 Å². The lowest BCUT2D eigenvalue weighted by atomic mass is 10.2. The molecule has 2 rings (SSSR count). The summed E-state index contributed by atoms with van der Waals surface area (Å²) in [5.74, 6) is 0. The molecule has 1 fully saturated rings. The molecule has 0 bridgehead atoms. The smallest absolute Gasteiger partial charge is 0.208 e. The van der Waals surface area contributed by atoms with Crippen molar-refractivity contribution in [3.8, 4) is 0 Å². The van der Waals surface area contributed by atoms with Gasteiger partial charge in [0.15, 0.2) is 0 Å². The van der Waals surface area contributed by atoms with Crippen molar-refractivity contribution in [2.45, 2.75) is 13.0 Å². The van der Waals surface area contributed by atoms with Crippen LogP contribution in [-0.4, -0.2) is 49.6 Å². The van der Waals surface area contributed by atoms with E-state index in [-0.39, 0.29) is 0 Å². The molecule has 1 aromatic rings. The number of nitrogens with one attached hydrogen (secondary N) is 1. The van der Waals surface area contributed by atoms with Crippen LogP contribution in [0, 0.1) is 6.92 Å². The Kier molecular flexibility index (Phi) is 3.50. The lowest BCUT2D eigenvalue weighted by Gasteiger charge is -2.34. The van der Waals surface area contributed by atoms with E-state index in [0.29, 0.717) is 6.04 Å². The minimum Gasteiger partial charge on any atom is -0.377 e. The summed E-state index contributed by atoms with van der Waals surface area (Å²) in [6, 6.07) is 0.371. The number of rotatable bonds is 3. The number of anilines is 1. The summed E-state index contributed by atoms with van der Waals surface area (Å²) in [6.07, 6.45) is 0. The van der Waals surface area contributed by atoms with Crippen LogP contribution in [0.2, 0.25) is 0 Å². The Morgan fingerprint density at radius 2 is 2.47 bits per heavy atom. The Morgan fingerprint density at radius 1 is 1.60 bits per heavy atom. The number of morpholine rings is 1. The molecule has 1 N–H and O–H groups in total. The number of hydrogen-bond acceptors (Lipinski definition) is 6. The van der Waals surface area contributed by atoms with Gasteiger partial charge in [-0.25, -0.2) is 0 Å². The highest BCUT2D eigenvalue weighted by atomic mass is 32.1. The van der Waals surface area contributed by atoms with Gasteiger partial charge in [-0.1, -0.05) is 11.3 Å². The molecule has 0 spiro atoms. The van der Waals surface area contributed by atoms with Gasteiger partial charge in [0.1, 0.15) is 5.01 Å². The van der Waals surface area contributed by atoms with E-state index >= 15 is 0 Å². The molecule has 5 nitrogen and oxygen atoms in total. The Balaban J connectivity index is 2.10. The van der Waals surface area contributed by atoms with Crippen LogP contribution in [-0.2, 0) is 4.74 Å². The maximum Gasteiger partial charge on any atom is 0.208 e. The minimum atomic E-state index is 0.371. The fourth-order valence-electron chi connectivity index (χ4n) is 1.71. The lowest BCUT2D eigenvalue weighted by Crippen LogP contribution is -2.50. The summed E-state index contributed by atoms with van der Waals surface area (Å²) in [5, 5.41) is 13.4. The first-order valence-corrected chi connectivity index (χ1v) is 5.92. The highest BCUT2D eigenvalue weighted by molar-refractivity contribution is 7.15. The normalized spacial score (nSPS) is 22.0. The molecule has 0 aliphatic carbocycles. The average Bonchev–Trinajstić information content (AvgIpc) is 2.66. The molecule has 2 heterocycles. The van der Waals surface area contributed by atoms with E-state index in [1.807, 2.05) is 14.0 Å². The third kappa shape index (κ3) is 2.45. The monoisotopic (exact) mass is 228 g/mol. The molecule has 0 saturated carbocycles. The van der Waals surface area contributed by atoms with Crippen molar-refractivity contribution in [2.75, 3.05) is 38.3 Å². The quantitative estimate of drug-likeness (QED) is 0.805. The van der Waals surface area contributed by atoms with Crippen LogP contribution in [0.5, 0.6) is 0 Å². The van der Waals surface area contributed by atoms with Crippen LogP contribution in [0.4, 0.5) is 5.13 Å². The maximum absolute atomic E-state index is 5.47. The molecule has 15 heavy (non-hydrogen) atoms. The molecule has 1 unspecified atom stereocenters. The molecular formula is C9H16N4OS. The van der Waals surface area contributed by atoms with E-state index in [0.717, 1.165) is 36.4 Å². The van der Waals surface area contributed by atoms with E-state index < -0.39 is 0 Å². The van der Waals surface area contributed by atoms with Gasteiger partial charge in [0.25, 0.3) is 0 Å². The molecule has 1 aliphatic heterocycles. The summed E-state index contributed by atoms with van der Waals surface area (Å²) in [4.78, 5) is 2.28. The third-order valence-electron chi connectivity index (χ3n) is 2.43. The molecule has 0 radical (unpaired) electrons. The van der Waals surface area contributed by atoms with Gasteiger partial charge in [-0.2, -0.15) is 0 Å².